The number of hydrogen-bond donors (Lipinski definition) is 2. The molecular weight excluding hydrogens is 442 g/mol. The number of benzene rings is 2. The molecule has 0 radical (unpaired) electrons. The predicted molar refractivity (Wildman–Crippen MR) is 127 cm³/mol. The van der Waals surface area contributed by atoms with E-state index in [-0.39, 0.29) is 17.5 Å². The lowest BCUT2D eigenvalue weighted by molar-refractivity contribution is -0.136. The van der Waals surface area contributed by atoms with Crippen LogP contribution in [0.1, 0.15) is 36.8 Å². The highest BCUT2D eigenvalue weighted by Gasteiger charge is 2.33. The molecule has 1 aliphatic heterocycles. The molecule has 1 atom stereocenters. The van der Waals surface area contributed by atoms with Gasteiger partial charge in [0.25, 0.3) is 0 Å². The summed E-state index contributed by atoms with van der Waals surface area (Å²) in [6.45, 7) is 4.40. The van der Waals surface area contributed by atoms with Crippen LogP contribution in [0.5, 0.6) is 5.75 Å². The predicted octanol–water partition coefficient (Wildman–Crippen LogP) is 3.00. The Bertz CT molecular complexity index is 1100. The van der Waals surface area contributed by atoms with Crippen molar-refractivity contribution >= 4 is 27.5 Å². The zero-order valence-corrected chi connectivity index (χ0v) is 20.1. The van der Waals surface area contributed by atoms with Gasteiger partial charge in [-0.25, -0.2) is 8.42 Å². The van der Waals surface area contributed by atoms with Gasteiger partial charge in [-0.15, -0.1) is 0 Å². The molecule has 1 heterocycles. The first-order chi connectivity index (χ1) is 15.7. The van der Waals surface area contributed by atoms with Crippen molar-refractivity contribution in [1.29, 1.82) is 0 Å². The number of anilines is 1. The van der Waals surface area contributed by atoms with E-state index in [1.54, 1.807) is 24.3 Å². The van der Waals surface area contributed by atoms with Gasteiger partial charge in [0.2, 0.25) is 10.0 Å². The fraction of sp³-hybridized carbons (Fsp3) is 0.417. The maximum absolute atomic E-state index is 13.2. The van der Waals surface area contributed by atoms with Crippen LogP contribution in [0.25, 0.3) is 0 Å². The lowest BCUT2D eigenvalue weighted by atomic mass is 10.0. The van der Waals surface area contributed by atoms with E-state index in [1.165, 1.54) is 11.4 Å². The quantitative estimate of drug-likeness (QED) is 0.602. The summed E-state index contributed by atoms with van der Waals surface area (Å²) >= 11 is 0. The van der Waals surface area contributed by atoms with Gasteiger partial charge in [-0.1, -0.05) is 18.6 Å². The molecule has 0 bridgehead atoms. The van der Waals surface area contributed by atoms with Crippen LogP contribution >= 0.6 is 0 Å². The van der Waals surface area contributed by atoms with Gasteiger partial charge < -0.3 is 15.4 Å². The first-order valence-electron chi connectivity index (χ1n) is 11.0. The minimum absolute atomic E-state index is 0.207. The van der Waals surface area contributed by atoms with Gasteiger partial charge in [0, 0.05) is 24.8 Å². The minimum atomic E-state index is -3.67. The summed E-state index contributed by atoms with van der Waals surface area (Å²) < 4.78 is 33.0. The molecule has 2 N–H and O–H groups in total. The van der Waals surface area contributed by atoms with Crippen LogP contribution in [-0.2, 0) is 19.6 Å². The number of rotatable bonds is 7. The Morgan fingerprint density at radius 2 is 1.79 bits per heavy atom. The van der Waals surface area contributed by atoms with Crippen molar-refractivity contribution in [2.45, 2.75) is 50.5 Å². The van der Waals surface area contributed by atoms with Gasteiger partial charge in [-0.3, -0.25) is 9.59 Å². The molecule has 2 amide bonds. The molecule has 8 nitrogen and oxygen atoms in total. The lowest BCUT2D eigenvalue weighted by Gasteiger charge is -2.34. The van der Waals surface area contributed by atoms with Gasteiger partial charge in [0.15, 0.2) is 0 Å². The summed E-state index contributed by atoms with van der Waals surface area (Å²) in [7, 11) is -2.14. The topological polar surface area (TPSA) is 105 Å². The smallest absolute Gasteiger partial charge is 0.313 e. The first-order valence-corrected chi connectivity index (χ1v) is 12.5. The number of ether oxygens (including phenoxy) is 1. The van der Waals surface area contributed by atoms with E-state index < -0.39 is 21.8 Å². The van der Waals surface area contributed by atoms with Gasteiger partial charge in [-0.05, 0) is 74.6 Å². The Balaban J connectivity index is 1.59. The van der Waals surface area contributed by atoms with E-state index in [0.717, 1.165) is 24.0 Å². The summed E-state index contributed by atoms with van der Waals surface area (Å²) in [6, 6.07) is 11.7. The molecule has 0 saturated carbocycles. The van der Waals surface area contributed by atoms with Crippen molar-refractivity contribution in [3.63, 3.8) is 0 Å². The molecule has 3 rings (SSSR count). The van der Waals surface area contributed by atoms with Crippen LogP contribution in [0, 0.1) is 13.8 Å². The minimum Gasteiger partial charge on any atom is -0.497 e. The molecule has 2 aromatic rings. The maximum atomic E-state index is 13.2. The fourth-order valence-corrected chi connectivity index (χ4v) is 5.67. The number of aryl methyl sites for hydroxylation is 2. The highest BCUT2D eigenvalue weighted by Crippen LogP contribution is 2.28. The molecule has 0 aromatic heterocycles. The van der Waals surface area contributed by atoms with Crippen LogP contribution in [0.2, 0.25) is 0 Å². The third kappa shape index (κ3) is 6.11. The SMILES string of the molecule is COc1ccc(S(=O)(=O)N2CCCC[C@H]2CCNC(=O)C(=O)Nc2cc(C)ccc2C)cc1. The summed E-state index contributed by atoms with van der Waals surface area (Å²) in [6.07, 6.45) is 2.84. The van der Waals surface area contributed by atoms with Crippen LogP contribution in [0.3, 0.4) is 0 Å². The summed E-state index contributed by atoms with van der Waals surface area (Å²) in [5, 5.41) is 5.26. The average Bonchev–Trinajstić information content (AvgIpc) is 2.81. The third-order valence-corrected chi connectivity index (χ3v) is 7.82. The van der Waals surface area contributed by atoms with Crippen LogP contribution in [-0.4, -0.2) is 50.8 Å². The summed E-state index contributed by atoms with van der Waals surface area (Å²) in [4.78, 5) is 24.8. The number of methoxy groups -OCH3 is 1. The highest BCUT2D eigenvalue weighted by molar-refractivity contribution is 7.89. The second kappa shape index (κ2) is 10.8. The molecular formula is C24H31N3O5S. The lowest BCUT2D eigenvalue weighted by Crippen LogP contribution is -2.45. The second-order valence-corrected chi connectivity index (χ2v) is 10.1. The largest absolute Gasteiger partial charge is 0.497 e. The van der Waals surface area contributed by atoms with Crippen molar-refractivity contribution in [3.8, 4) is 5.75 Å². The van der Waals surface area contributed by atoms with E-state index in [9.17, 15) is 18.0 Å². The number of sulfonamides is 1. The van der Waals surface area contributed by atoms with E-state index in [0.29, 0.717) is 30.8 Å². The number of nitrogens with zero attached hydrogens (tertiary/aromatic N) is 1. The molecule has 0 aliphatic carbocycles. The van der Waals surface area contributed by atoms with Crippen molar-refractivity contribution in [2.75, 3.05) is 25.5 Å². The standard InChI is InChI=1S/C24H31N3O5S/c1-17-7-8-18(2)22(16-17)26-24(29)23(28)25-14-13-19-6-4-5-15-27(19)33(30,31)21-11-9-20(32-3)10-12-21/h7-12,16,19H,4-6,13-15H2,1-3H3,(H,25,28)(H,26,29)/t19-/m0/s1. The van der Waals surface area contributed by atoms with E-state index in [1.807, 2.05) is 32.0 Å². The fourth-order valence-electron chi connectivity index (χ4n) is 3.94. The molecule has 1 fully saturated rings. The van der Waals surface area contributed by atoms with Gasteiger partial charge >= 0.3 is 11.8 Å². The molecule has 0 unspecified atom stereocenters. The van der Waals surface area contributed by atoms with Gasteiger partial charge in [0.05, 0.1) is 12.0 Å². The van der Waals surface area contributed by atoms with Crippen molar-refractivity contribution in [2.24, 2.45) is 0 Å². The molecule has 9 heteroatoms. The third-order valence-electron chi connectivity index (χ3n) is 5.85. The van der Waals surface area contributed by atoms with Crippen LogP contribution in [0.15, 0.2) is 47.4 Å². The van der Waals surface area contributed by atoms with Crippen molar-refractivity contribution in [1.82, 2.24) is 9.62 Å². The average molecular weight is 474 g/mol. The normalized spacial score (nSPS) is 16.8. The Labute approximate surface area is 195 Å². The molecule has 2 aromatic carbocycles. The Kier molecular flexibility index (Phi) is 8.10. The summed E-state index contributed by atoms with van der Waals surface area (Å²) in [5.74, 6) is -0.891. The van der Waals surface area contributed by atoms with Crippen molar-refractivity contribution in [3.05, 3.63) is 53.6 Å². The van der Waals surface area contributed by atoms with Crippen molar-refractivity contribution < 1.29 is 22.7 Å². The summed E-state index contributed by atoms with van der Waals surface area (Å²) in [5.41, 5.74) is 2.44. The van der Waals surface area contributed by atoms with Gasteiger partial charge in [-0.2, -0.15) is 4.31 Å². The molecule has 1 saturated heterocycles. The Morgan fingerprint density at radius 3 is 2.48 bits per heavy atom. The van der Waals surface area contributed by atoms with E-state index in [4.69, 9.17) is 4.74 Å². The number of hydrogen-bond acceptors (Lipinski definition) is 5. The molecule has 0 spiro atoms. The molecule has 178 valence electrons. The van der Waals surface area contributed by atoms with Gasteiger partial charge in [0.1, 0.15) is 5.75 Å². The van der Waals surface area contributed by atoms with Crippen LogP contribution < -0.4 is 15.4 Å². The highest BCUT2D eigenvalue weighted by atomic mass is 32.2. The molecule has 1 aliphatic rings. The van der Waals surface area contributed by atoms with Crippen LogP contribution in [0.4, 0.5) is 5.69 Å². The van der Waals surface area contributed by atoms with E-state index in [2.05, 4.69) is 10.6 Å². The van der Waals surface area contributed by atoms with E-state index >= 15 is 0 Å². The number of nitrogens with one attached hydrogen (secondary N) is 2. The number of amides is 2. The zero-order chi connectivity index (χ0) is 24.0. The number of carbonyl (C=O) groups is 2. The Morgan fingerprint density at radius 1 is 1.06 bits per heavy atom. The monoisotopic (exact) mass is 473 g/mol. The zero-order valence-electron chi connectivity index (χ0n) is 19.3. The number of piperidine rings is 1. The Hall–Kier alpha value is -2.91. The number of carbonyl (C=O) groups excluding carboxylic acids is 2. The first kappa shape index (κ1) is 24.7. The maximum Gasteiger partial charge on any atom is 0.313 e. The molecule has 33 heavy (non-hydrogen) atoms. The second-order valence-electron chi connectivity index (χ2n) is 8.26.